The van der Waals surface area contributed by atoms with E-state index < -0.39 is 0 Å². The first-order chi connectivity index (χ1) is 7.77. The van der Waals surface area contributed by atoms with Gasteiger partial charge in [0.1, 0.15) is 5.78 Å². The van der Waals surface area contributed by atoms with Gasteiger partial charge in [0.25, 0.3) is 0 Å². The average Bonchev–Trinajstić information content (AvgIpc) is 2.25. The lowest BCUT2D eigenvalue weighted by Crippen LogP contribution is -1.86. The fraction of sp³-hybridized carbons (Fsp3) is 0.533. The minimum absolute atomic E-state index is 0.272. The summed E-state index contributed by atoms with van der Waals surface area (Å²) in [5.74, 6) is 0.272. The molecular formula is C15H24O. The van der Waals surface area contributed by atoms with Crippen molar-refractivity contribution in [3.63, 3.8) is 0 Å². The van der Waals surface area contributed by atoms with Gasteiger partial charge in [-0.15, -0.1) is 0 Å². The molecule has 0 heterocycles. The third-order valence-electron chi connectivity index (χ3n) is 2.23. The largest absolute Gasteiger partial charge is 0.300 e. The molecule has 0 bridgehead atoms. The zero-order chi connectivity index (χ0) is 12.1. The monoisotopic (exact) mass is 220 g/mol. The van der Waals surface area contributed by atoms with E-state index in [4.69, 9.17) is 0 Å². The minimum Gasteiger partial charge on any atom is -0.300 e. The summed E-state index contributed by atoms with van der Waals surface area (Å²) in [5, 5.41) is 0. The highest BCUT2D eigenvalue weighted by atomic mass is 16.1. The quantitative estimate of drug-likeness (QED) is 0.410. The second-order valence-electron chi connectivity index (χ2n) is 3.91. The fourth-order valence-corrected chi connectivity index (χ4v) is 1.31. The van der Waals surface area contributed by atoms with E-state index in [-0.39, 0.29) is 5.78 Å². The Hall–Kier alpha value is -1.11. The summed E-state index contributed by atoms with van der Waals surface area (Å²) in [6.07, 6.45) is 19.1. The van der Waals surface area contributed by atoms with Crippen LogP contribution in [0.1, 0.15) is 52.4 Å². The van der Waals surface area contributed by atoms with Crippen LogP contribution in [0, 0.1) is 0 Å². The van der Waals surface area contributed by atoms with E-state index in [2.05, 4.69) is 43.4 Å². The SMILES string of the molecule is C/C=C/CC/C=C/CC/C=C/CCC(C)=O. The maximum Gasteiger partial charge on any atom is 0.130 e. The molecule has 0 aromatic rings. The molecule has 0 fully saturated rings. The Kier molecular flexibility index (Phi) is 11.1. The molecule has 0 aliphatic rings. The lowest BCUT2D eigenvalue weighted by molar-refractivity contribution is -0.116. The Morgan fingerprint density at radius 2 is 1.25 bits per heavy atom. The number of hydrogen-bond donors (Lipinski definition) is 0. The van der Waals surface area contributed by atoms with Crippen molar-refractivity contribution in [3.05, 3.63) is 36.5 Å². The van der Waals surface area contributed by atoms with Crippen molar-refractivity contribution in [3.8, 4) is 0 Å². The molecule has 0 N–H and O–H groups in total. The van der Waals surface area contributed by atoms with Gasteiger partial charge in [0.05, 0.1) is 0 Å². The predicted molar refractivity (Wildman–Crippen MR) is 71.5 cm³/mol. The Morgan fingerprint density at radius 1 is 0.812 bits per heavy atom. The highest BCUT2D eigenvalue weighted by Crippen LogP contribution is 1.99. The zero-order valence-electron chi connectivity index (χ0n) is 10.6. The molecule has 0 saturated carbocycles. The number of carbonyl (C=O) groups is 1. The molecule has 0 rings (SSSR count). The first-order valence-electron chi connectivity index (χ1n) is 6.18. The van der Waals surface area contributed by atoms with Crippen LogP contribution in [0.4, 0.5) is 0 Å². The molecule has 0 amide bonds. The molecule has 0 aliphatic carbocycles. The van der Waals surface area contributed by atoms with Gasteiger partial charge >= 0.3 is 0 Å². The van der Waals surface area contributed by atoms with Gasteiger partial charge in [-0.1, -0.05) is 36.5 Å². The number of Topliss-reactive ketones (excluding diaryl/α,β-unsaturated/α-hetero) is 1. The van der Waals surface area contributed by atoms with Crippen molar-refractivity contribution in [2.24, 2.45) is 0 Å². The zero-order valence-corrected chi connectivity index (χ0v) is 10.6. The van der Waals surface area contributed by atoms with E-state index in [9.17, 15) is 4.79 Å². The molecule has 1 nitrogen and oxygen atoms in total. The van der Waals surface area contributed by atoms with Gasteiger partial charge < -0.3 is 4.79 Å². The van der Waals surface area contributed by atoms with Crippen LogP contribution in [0.3, 0.4) is 0 Å². The molecule has 0 spiro atoms. The molecule has 0 aromatic carbocycles. The molecule has 0 unspecified atom stereocenters. The van der Waals surface area contributed by atoms with Crippen LogP contribution in [0.25, 0.3) is 0 Å². The van der Waals surface area contributed by atoms with E-state index >= 15 is 0 Å². The number of allylic oxidation sites excluding steroid dienone is 6. The lowest BCUT2D eigenvalue weighted by atomic mass is 10.2. The predicted octanol–water partition coefficient (Wildman–Crippen LogP) is 4.60. The molecule has 0 aromatic heterocycles. The molecule has 1 heteroatoms. The highest BCUT2D eigenvalue weighted by molar-refractivity contribution is 5.75. The van der Waals surface area contributed by atoms with Crippen LogP contribution in [-0.4, -0.2) is 5.78 Å². The summed E-state index contributed by atoms with van der Waals surface area (Å²) in [4.78, 5) is 10.7. The third kappa shape index (κ3) is 12.9. The molecule has 0 saturated heterocycles. The number of rotatable bonds is 9. The summed E-state index contributed by atoms with van der Waals surface area (Å²) >= 11 is 0. The van der Waals surface area contributed by atoms with Crippen molar-refractivity contribution in [1.29, 1.82) is 0 Å². The van der Waals surface area contributed by atoms with Crippen LogP contribution in [-0.2, 0) is 4.79 Å². The molecular weight excluding hydrogens is 196 g/mol. The topological polar surface area (TPSA) is 17.1 Å². The Morgan fingerprint density at radius 3 is 1.69 bits per heavy atom. The summed E-state index contributed by atoms with van der Waals surface area (Å²) in [5.41, 5.74) is 0. The lowest BCUT2D eigenvalue weighted by Gasteiger charge is -1.90. The summed E-state index contributed by atoms with van der Waals surface area (Å²) in [6.45, 7) is 3.69. The Labute approximate surface area is 99.9 Å². The van der Waals surface area contributed by atoms with Gasteiger partial charge in [-0.2, -0.15) is 0 Å². The van der Waals surface area contributed by atoms with Crippen molar-refractivity contribution < 1.29 is 4.79 Å². The third-order valence-corrected chi connectivity index (χ3v) is 2.23. The van der Waals surface area contributed by atoms with Gasteiger partial charge in [-0.3, -0.25) is 0 Å². The van der Waals surface area contributed by atoms with Crippen LogP contribution >= 0.6 is 0 Å². The van der Waals surface area contributed by atoms with E-state index in [1.807, 2.05) is 0 Å². The fourth-order valence-electron chi connectivity index (χ4n) is 1.31. The number of carbonyl (C=O) groups excluding carboxylic acids is 1. The first kappa shape index (κ1) is 14.9. The number of unbranched alkanes of at least 4 members (excludes halogenated alkanes) is 2. The van der Waals surface area contributed by atoms with Crippen LogP contribution in [0.15, 0.2) is 36.5 Å². The van der Waals surface area contributed by atoms with Crippen molar-refractivity contribution in [2.75, 3.05) is 0 Å². The Balaban J connectivity index is 3.28. The van der Waals surface area contributed by atoms with Gasteiger partial charge in [-0.05, 0) is 46.0 Å². The Bertz CT molecular complexity index is 246. The number of hydrogen-bond acceptors (Lipinski definition) is 1. The molecule has 90 valence electrons. The van der Waals surface area contributed by atoms with E-state index in [1.54, 1.807) is 6.92 Å². The van der Waals surface area contributed by atoms with E-state index in [0.717, 1.165) is 32.1 Å². The molecule has 16 heavy (non-hydrogen) atoms. The average molecular weight is 220 g/mol. The normalized spacial score (nSPS) is 12.1. The summed E-state index contributed by atoms with van der Waals surface area (Å²) in [7, 11) is 0. The second-order valence-corrected chi connectivity index (χ2v) is 3.91. The van der Waals surface area contributed by atoms with E-state index in [1.165, 1.54) is 0 Å². The van der Waals surface area contributed by atoms with Gasteiger partial charge in [0.2, 0.25) is 0 Å². The van der Waals surface area contributed by atoms with Crippen molar-refractivity contribution >= 4 is 5.78 Å². The van der Waals surface area contributed by atoms with Crippen molar-refractivity contribution in [2.45, 2.75) is 52.4 Å². The minimum atomic E-state index is 0.272. The van der Waals surface area contributed by atoms with Crippen molar-refractivity contribution in [1.82, 2.24) is 0 Å². The van der Waals surface area contributed by atoms with Gasteiger partial charge in [0, 0.05) is 6.42 Å². The maximum atomic E-state index is 10.7. The van der Waals surface area contributed by atoms with Gasteiger partial charge in [0.15, 0.2) is 0 Å². The second kappa shape index (κ2) is 12.0. The molecule has 0 radical (unpaired) electrons. The molecule has 0 atom stereocenters. The maximum absolute atomic E-state index is 10.7. The van der Waals surface area contributed by atoms with Gasteiger partial charge in [-0.25, -0.2) is 0 Å². The summed E-state index contributed by atoms with van der Waals surface area (Å²) < 4.78 is 0. The number of ketones is 1. The highest BCUT2D eigenvalue weighted by Gasteiger charge is 1.87. The van der Waals surface area contributed by atoms with Crippen LogP contribution < -0.4 is 0 Å². The smallest absolute Gasteiger partial charge is 0.130 e. The molecule has 0 aliphatic heterocycles. The standard InChI is InChI=1S/C15H24O/c1-3-4-5-6-7-8-9-10-11-12-13-14-15(2)16/h3-4,7-8,11-12H,5-6,9-10,13-14H2,1-2H3/b4-3+,8-7+,12-11+. The van der Waals surface area contributed by atoms with Crippen LogP contribution in [0.5, 0.6) is 0 Å². The first-order valence-corrected chi connectivity index (χ1v) is 6.18. The van der Waals surface area contributed by atoms with E-state index in [0.29, 0.717) is 6.42 Å². The summed E-state index contributed by atoms with van der Waals surface area (Å²) in [6, 6.07) is 0. The van der Waals surface area contributed by atoms with Crippen LogP contribution in [0.2, 0.25) is 0 Å².